The van der Waals surface area contributed by atoms with Gasteiger partial charge in [-0.3, -0.25) is 0 Å². The van der Waals surface area contributed by atoms with Gasteiger partial charge < -0.3 is 10.5 Å². The van der Waals surface area contributed by atoms with E-state index < -0.39 is 0 Å². The third-order valence-electron chi connectivity index (χ3n) is 2.83. The van der Waals surface area contributed by atoms with Crippen molar-refractivity contribution in [3.63, 3.8) is 0 Å². The quantitative estimate of drug-likeness (QED) is 0.833. The first kappa shape index (κ1) is 14.7. The summed E-state index contributed by atoms with van der Waals surface area (Å²) < 4.78 is 19.3. The summed E-state index contributed by atoms with van der Waals surface area (Å²) in [5, 5.41) is 0. The second-order valence-corrected chi connectivity index (χ2v) is 4.57. The van der Waals surface area contributed by atoms with Crippen LogP contribution in [0.5, 0.6) is 0 Å². The molecule has 0 aromatic heterocycles. The predicted octanol–water partition coefficient (Wildman–Crippen LogP) is 2.70. The largest absolute Gasteiger partial charge is 0.373 e. The molecule has 0 saturated heterocycles. The van der Waals surface area contributed by atoms with Crippen LogP contribution in [0.3, 0.4) is 0 Å². The summed E-state index contributed by atoms with van der Waals surface area (Å²) in [4.78, 5) is 0. The van der Waals surface area contributed by atoms with E-state index in [2.05, 4.69) is 25.7 Å². The van der Waals surface area contributed by atoms with Gasteiger partial charge in [0.05, 0.1) is 19.3 Å². The summed E-state index contributed by atoms with van der Waals surface area (Å²) in [7, 11) is 0. The van der Waals surface area contributed by atoms with Gasteiger partial charge in [0, 0.05) is 11.1 Å². The van der Waals surface area contributed by atoms with Crippen LogP contribution in [0.15, 0.2) is 18.2 Å². The minimum atomic E-state index is -0.283. The lowest BCUT2D eigenvalue weighted by molar-refractivity contribution is 0.0221. The minimum absolute atomic E-state index is 0.112. The third-order valence-corrected chi connectivity index (χ3v) is 2.83. The van der Waals surface area contributed by atoms with Gasteiger partial charge in [0.15, 0.2) is 0 Å². The van der Waals surface area contributed by atoms with Crippen LogP contribution < -0.4 is 5.73 Å². The molecule has 0 spiro atoms. The van der Waals surface area contributed by atoms with Crippen molar-refractivity contribution in [2.75, 3.05) is 6.54 Å². The zero-order valence-corrected chi connectivity index (χ0v) is 11.2. The maximum Gasteiger partial charge on any atom is 0.129 e. The fourth-order valence-corrected chi connectivity index (χ4v) is 1.31. The summed E-state index contributed by atoms with van der Waals surface area (Å²) in [6.07, 6.45) is 0.112. The first-order chi connectivity index (χ1) is 8.54. The van der Waals surface area contributed by atoms with Crippen molar-refractivity contribution in [1.29, 1.82) is 0 Å². The molecule has 0 radical (unpaired) electrons. The molecule has 0 saturated carbocycles. The van der Waals surface area contributed by atoms with E-state index in [4.69, 9.17) is 10.5 Å². The molecule has 0 aliphatic rings. The normalized spacial score (nSPS) is 12.1. The predicted molar refractivity (Wildman–Crippen MR) is 71.4 cm³/mol. The number of hydrogen-bond donors (Lipinski definition) is 1. The molecule has 2 nitrogen and oxygen atoms in total. The Morgan fingerprint density at radius 3 is 2.61 bits per heavy atom. The van der Waals surface area contributed by atoms with Crippen molar-refractivity contribution in [2.24, 2.45) is 11.7 Å². The minimum Gasteiger partial charge on any atom is -0.373 e. The van der Waals surface area contributed by atoms with Crippen LogP contribution in [0.4, 0.5) is 4.39 Å². The fraction of sp³-hybridized carbons (Fsp3) is 0.467. The van der Waals surface area contributed by atoms with Gasteiger partial charge in [-0.2, -0.15) is 0 Å². The van der Waals surface area contributed by atoms with Crippen molar-refractivity contribution in [2.45, 2.75) is 33.5 Å². The van der Waals surface area contributed by atoms with Gasteiger partial charge in [0.2, 0.25) is 0 Å². The van der Waals surface area contributed by atoms with Crippen LogP contribution >= 0.6 is 0 Å². The maximum atomic E-state index is 13.7. The molecule has 0 heterocycles. The Bertz CT molecular complexity index is 446. The number of ether oxygens (including phenoxy) is 1. The fourth-order valence-electron chi connectivity index (χ4n) is 1.31. The molecule has 0 fully saturated rings. The highest BCUT2D eigenvalue weighted by Crippen LogP contribution is 2.14. The Morgan fingerprint density at radius 1 is 1.33 bits per heavy atom. The molecule has 0 amide bonds. The number of hydrogen-bond acceptors (Lipinski definition) is 2. The van der Waals surface area contributed by atoms with Crippen LogP contribution in [-0.2, 0) is 11.3 Å². The molecule has 1 unspecified atom stereocenters. The SMILES string of the molecule is CC(C)C(C)OCc1ccc(C#CCN)cc1F. The van der Waals surface area contributed by atoms with Gasteiger partial charge >= 0.3 is 0 Å². The average molecular weight is 249 g/mol. The Kier molecular flexibility index (Phi) is 5.84. The Hall–Kier alpha value is -1.37. The lowest BCUT2D eigenvalue weighted by atomic mass is 10.1. The van der Waals surface area contributed by atoms with Crippen molar-refractivity contribution in [1.82, 2.24) is 0 Å². The van der Waals surface area contributed by atoms with Crippen LogP contribution in [0.2, 0.25) is 0 Å². The number of benzene rings is 1. The second-order valence-electron chi connectivity index (χ2n) is 4.57. The highest BCUT2D eigenvalue weighted by Gasteiger charge is 2.09. The highest BCUT2D eigenvalue weighted by molar-refractivity contribution is 5.37. The Balaban J connectivity index is 2.68. The molecule has 0 aliphatic heterocycles. The van der Waals surface area contributed by atoms with E-state index in [1.165, 1.54) is 6.07 Å². The summed E-state index contributed by atoms with van der Waals surface area (Å²) in [6, 6.07) is 4.91. The number of rotatable bonds is 4. The third kappa shape index (κ3) is 4.48. The van der Waals surface area contributed by atoms with E-state index in [9.17, 15) is 4.39 Å². The lowest BCUT2D eigenvalue weighted by Crippen LogP contribution is -2.15. The second kappa shape index (κ2) is 7.15. The highest BCUT2D eigenvalue weighted by atomic mass is 19.1. The van der Waals surface area contributed by atoms with Crippen LogP contribution in [0, 0.1) is 23.6 Å². The van der Waals surface area contributed by atoms with Crippen molar-refractivity contribution >= 4 is 0 Å². The molecule has 18 heavy (non-hydrogen) atoms. The molecule has 2 N–H and O–H groups in total. The van der Waals surface area contributed by atoms with Crippen LogP contribution in [-0.4, -0.2) is 12.6 Å². The molecule has 1 aromatic rings. The molecular weight excluding hydrogens is 229 g/mol. The first-order valence-corrected chi connectivity index (χ1v) is 6.13. The van der Waals surface area contributed by atoms with Gasteiger partial charge in [0.25, 0.3) is 0 Å². The zero-order chi connectivity index (χ0) is 13.5. The van der Waals surface area contributed by atoms with E-state index in [0.29, 0.717) is 17.0 Å². The van der Waals surface area contributed by atoms with Crippen molar-refractivity contribution in [3.8, 4) is 11.8 Å². The summed E-state index contributed by atoms with van der Waals surface area (Å²) in [6.45, 7) is 6.71. The standard InChI is InChI=1S/C15H20FNO/c1-11(2)12(3)18-10-14-7-6-13(5-4-8-17)9-15(14)16/h6-7,9,11-12H,8,10,17H2,1-3H3. The van der Waals surface area contributed by atoms with E-state index in [-0.39, 0.29) is 25.1 Å². The van der Waals surface area contributed by atoms with E-state index >= 15 is 0 Å². The lowest BCUT2D eigenvalue weighted by Gasteiger charge is -2.16. The molecule has 1 aromatic carbocycles. The Labute approximate surface area is 108 Å². The monoisotopic (exact) mass is 249 g/mol. The smallest absolute Gasteiger partial charge is 0.129 e. The maximum absolute atomic E-state index is 13.7. The van der Waals surface area contributed by atoms with Gasteiger partial charge in [-0.1, -0.05) is 31.8 Å². The van der Waals surface area contributed by atoms with Crippen molar-refractivity contribution in [3.05, 3.63) is 35.1 Å². The average Bonchev–Trinajstić information content (AvgIpc) is 2.34. The molecule has 98 valence electrons. The van der Waals surface area contributed by atoms with Gasteiger partial charge in [-0.05, 0) is 25.0 Å². The summed E-state index contributed by atoms with van der Waals surface area (Å²) in [5.41, 5.74) is 6.46. The molecule has 1 rings (SSSR count). The number of halogens is 1. The van der Waals surface area contributed by atoms with Crippen LogP contribution in [0.1, 0.15) is 31.9 Å². The van der Waals surface area contributed by atoms with Gasteiger partial charge in [0.1, 0.15) is 5.82 Å². The van der Waals surface area contributed by atoms with Crippen molar-refractivity contribution < 1.29 is 9.13 Å². The molecule has 0 bridgehead atoms. The van der Waals surface area contributed by atoms with Gasteiger partial charge in [-0.15, -0.1) is 0 Å². The zero-order valence-electron chi connectivity index (χ0n) is 11.2. The summed E-state index contributed by atoms with van der Waals surface area (Å²) in [5.74, 6) is 5.63. The number of nitrogens with two attached hydrogens (primary N) is 1. The molecular formula is C15H20FNO. The molecule has 3 heteroatoms. The molecule has 0 aliphatic carbocycles. The van der Waals surface area contributed by atoms with Gasteiger partial charge in [-0.25, -0.2) is 4.39 Å². The topological polar surface area (TPSA) is 35.2 Å². The molecule has 1 atom stereocenters. The van der Waals surface area contributed by atoms with Crippen LogP contribution in [0.25, 0.3) is 0 Å². The summed E-state index contributed by atoms with van der Waals surface area (Å²) >= 11 is 0. The van der Waals surface area contributed by atoms with E-state index in [1.54, 1.807) is 12.1 Å². The first-order valence-electron chi connectivity index (χ1n) is 6.13. The van der Waals surface area contributed by atoms with E-state index in [0.717, 1.165) is 0 Å². The Morgan fingerprint density at radius 2 is 2.06 bits per heavy atom. The van der Waals surface area contributed by atoms with E-state index in [1.807, 2.05) is 6.92 Å².